The molecule has 0 bridgehead atoms. The van der Waals surface area contributed by atoms with E-state index in [1.807, 2.05) is 54.1 Å². The Kier molecular flexibility index (Phi) is 7.60. The third kappa shape index (κ3) is 5.98. The number of phosphoric acid groups is 1. The van der Waals surface area contributed by atoms with Crippen LogP contribution in [0, 0.1) is 13.8 Å². The highest BCUT2D eigenvalue weighted by Crippen LogP contribution is 2.39. The van der Waals surface area contributed by atoms with Crippen LogP contribution in [0.3, 0.4) is 0 Å². The summed E-state index contributed by atoms with van der Waals surface area (Å²) < 4.78 is 29.5. The summed E-state index contributed by atoms with van der Waals surface area (Å²) in [6.07, 6.45) is 0. The average molecular weight is 573 g/mol. The van der Waals surface area contributed by atoms with Gasteiger partial charge in [0.15, 0.2) is 0 Å². The SMILES string of the molecule is Cc1cc(C(=O)OCc2ccccc2)cc(C)c1OC(=O)c1c2ccccc2[n+](C)c2ccc(OP(=O)(O)O)cc12. The van der Waals surface area contributed by atoms with Crippen LogP contribution < -0.4 is 13.8 Å². The van der Waals surface area contributed by atoms with E-state index in [0.717, 1.165) is 11.1 Å². The zero-order valence-electron chi connectivity index (χ0n) is 22.5. The molecule has 0 aliphatic heterocycles. The molecule has 0 fully saturated rings. The molecule has 208 valence electrons. The van der Waals surface area contributed by atoms with E-state index < -0.39 is 19.8 Å². The van der Waals surface area contributed by atoms with E-state index in [9.17, 15) is 23.9 Å². The van der Waals surface area contributed by atoms with Crippen molar-refractivity contribution in [2.75, 3.05) is 0 Å². The van der Waals surface area contributed by atoms with Crippen molar-refractivity contribution in [2.24, 2.45) is 7.05 Å². The van der Waals surface area contributed by atoms with Gasteiger partial charge >= 0.3 is 19.8 Å². The summed E-state index contributed by atoms with van der Waals surface area (Å²) in [5.41, 5.74) is 3.90. The molecule has 0 spiro atoms. The van der Waals surface area contributed by atoms with Crippen molar-refractivity contribution < 1.29 is 42.5 Å². The van der Waals surface area contributed by atoms with Gasteiger partial charge in [0.25, 0.3) is 0 Å². The number of aryl methyl sites for hydroxylation is 3. The summed E-state index contributed by atoms with van der Waals surface area (Å²) >= 11 is 0. The molecule has 0 aliphatic carbocycles. The molecule has 0 radical (unpaired) electrons. The Morgan fingerprint density at radius 3 is 2.12 bits per heavy atom. The first-order chi connectivity index (χ1) is 19.5. The standard InChI is InChI=1S/C31H26NO8P/c1-19-15-22(30(33)38-18-21-9-5-4-6-10-21)16-20(2)29(19)39-31(34)28-24-11-7-8-12-26(24)32(3)27-14-13-23(17-25(27)28)40-41(35,36)37/h4-17H,18H2,1-3H3,(H-,35,36,37)/p+1. The van der Waals surface area contributed by atoms with Gasteiger partial charge in [0.1, 0.15) is 25.2 Å². The number of rotatable bonds is 7. The molecule has 5 rings (SSSR count). The number of nitrogens with zero attached hydrogens (tertiary/aromatic N) is 1. The number of phosphoric ester groups is 1. The second-order valence-electron chi connectivity index (χ2n) is 9.60. The minimum atomic E-state index is -4.83. The smallest absolute Gasteiger partial charge is 0.457 e. The lowest BCUT2D eigenvalue weighted by Crippen LogP contribution is -2.31. The zero-order chi connectivity index (χ0) is 29.3. The van der Waals surface area contributed by atoms with Crippen molar-refractivity contribution in [3.63, 3.8) is 0 Å². The van der Waals surface area contributed by atoms with E-state index in [1.54, 1.807) is 44.2 Å². The van der Waals surface area contributed by atoms with E-state index in [2.05, 4.69) is 0 Å². The normalized spacial score (nSPS) is 11.4. The van der Waals surface area contributed by atoms with E-state index in [1.165, 1.54) is 12.1 Å². The summed E-state index contributed by atoms with van der Waals surface area (Å²) in [4.78, 5) is 45.2. The van der Waals surface area contributed by atoms with E-state index in [-0.39, 0.29) is 17.9 Å². The average Bonchev–Trinajstić information content (AvgIpc) is 2.93. The van der Waals surface area contributed by atoms with Crippen molar-refractivity contribution in [1.29, 1.82) is 0 Å². The number of aromatic nitrogens is 1. The second kappa shape index (κ2) is 11.1. The molecule has 0 aliphatic rings. The predicted molar refractivity (Wildman–Crippen MR) is 152 cm³/mol. The fourth-order valence-corrected chi connectivity index (χ4v) is 5.24. The van der Waals surface area contributed by atoms with Gasteiger partial charge < -0.3 is 14.0 Å². The Hall–Kier alpha value is -4.56. The van der Waals surface area contributed by atoms with Gasteiger partial charge in [0, 0.05) is 12.1 Å². The molecule has 10 heteroatoms. The van der Waals surface area contributed by atoms with E-state index in [0.29, 0.717) is 38.7 Å². The van der Waals surface area contributed by atoms with Gasteiger partial charge in [-0.3, -0.25) is 9.79 Å². The van der Waals surface area contributed by atoms with Crippen molar-refractivity contribution in [3.8, 4) is 11.5 Å². The van der Waals surface area contributed by atoms with Gasteiger partial charge in [-0.2, -0.15) is 4.57 Å². The summed E-state index contributed by atoms with van der Waals surface area (Å²) in [6.45, 7) is 3.60. The molecule has 0 unspecified atom stereocenters. The number of carbonyl (C=O) groups excluding carboxylic acids is 2. The number of para-hydroxylation sites is 1. The highest BCUT2D eigenvalue weighted by atomic mass is 31.2. The largest absolute Gasteiger partial charge is 0.524 e. The Labute approximate surface area is 235 Å². The fourth-order valence-electron chi connectivity index (χ4n) is 4.85. The number of hydrogen-bond donors (Lipinski definition) is 2. The molecule has 0 atom stereocenters. The minimum absolute atomic E-state index is 0.0964. The molecular weight excluding hydrogens is 545 g/mol. The van der Waals surface area contributed by atoms with Gasteiger partial charge in [0.05, 0.1) is 21.9 Å². The molecule has 0 saturated heterocycles. The first-order valence-corrected chi connectivity index (χ1v) is 14.2. The van der Waals surface area contributed by atoms with Crippen LogP contribution in [0.1, 0.15) is 37.4 Å². The van der Waals surface area contributed by atoms with Crippen molar-refractivity contribution in [3.05, 3.63) is 113 Å². The zero-order valence-corrected chi connectivity index (χ0v) is 23.4. The quantitative estimate of drug-likeness (QED) is 0.0864. The lowest BCUT2D eigenvalue weighted by Gasteiger charge is -2.15. The molecule has 0 saturated carbocycles. The van der Waals surface area contributed by atoms with Crippen molar-refractivity contribution in [1.82, 2.24) is 0 Å². The topological polar surface area (TPSA) is 123 Å². The summed E-state index contributed by atoms with van der Waals surface area (Å²) in [6, 6.07) is 24.3. The van der Waals surface area contributed by atoms with E-state index >= 15 is 0 Å². The second-order valence-corrected chi connectivity index (χ2v) is 10.8. The van der Waals surface area contributed by atoms with Crippen LogP contribution in [0.2, 0.25) is 0 Å². The third-order valence-corrected chi connectivity index (χ3v) is 7.11. The molecule has 4 aromatic carbocycles. The lowest BCUT2D eigenvalue weighted by molar-refractivity contribution is -0.617. The lowest BCUT2D eigenvalue weighted by atomic mass is 10.0. The molecule has 1 aromatic heterocycles. The van der Waals surface area contributed by atoms with Gasteiger partial charge in [-0.25, -0.2) is 14.2 Å². The van der Waals surface area contributed by atoms with Gasteiger partial charge in [-0.05, 0) is 60.9 Å². The maximum Gasteiger partial charge on any atom is 0.524 e. The number of pyridine rings is 1. The van der Waals surface area contributed by atoms with Gasteiger partial charge in [-0.15, -0.1) is 0 Å². The first kappa shape index (κ1) is 28.0. The molecule has 41 heavy (non-hydrogen) atoms. The number of hydrogen-bond acceptors (Lipinski definition) is 6. The molecular formula is C31H27NO8P+. The molecule has 9 nitrogen and oxygen atoms in total. The Morgan fingerprint density at radius 1 is 0.805 bits per heavy atom. The van der Waals surface area contributed by atoms with Crippen molar-refractivity contribution in [2.45, 2.75) is 20.5 Å². The summed E-state index contributed by atoms with van der Waals surface area (Å²) in [7, 11) is -3.00. The van der Waals surface area contributed by atoms with Crippen LogP contribution in [-0.2, 0) is 23.0 Å². The van der Waals surface area contributed by atoms with Crippen LogP contribution in [0.25, 0.3) is 21.8 Å². The predicted octanol–water partition coefficient (Wildman–Crippen LogP) is 5.48. The third-order valence-electron chi connectivity index (χ3n) is 6.67. The molecule has 0 amide bonds. The highest BCUT2D eigenvalue weighted by Gasteiger charge is 2.27. The van der Waals surface area contributed by atoms with Crippen LogP contribution in [0.15, 0.2) is 84.9 Å². The Morgan fingerprint density at radius 2 is 1.44 bits per heavy atom. The first-order valence-electron chi connectivity index (χ1n) is 12.7. The number of esters is 2. The summed E-state index contributed by atoms with van der Waals surface area (Å²) in [5, 5.41) is 0.968. The molecule has 2 N–H and O–H groups in total. The molecule has 5 aromatic rings. The minimum Gasteiger partial charge on any atom is -0.457 e. The Balaban J connectivity index is 1.51. The molecule has 1 heterocycles. The van der Waals surface area contributed by atoms with Crippen LogP contribution in [0.4, 0.5) is 0 Å². The van der Waals surface area contributed by atoms with Gasteiger partial charge in [0.2, 0.25) is 11.0 Å². The number of fused-ring (bicyclic) bond motifs is 2. The number of carbonyl (C=O) groups is 2. The fraction of sp³-hybridized carbons (Fsp3) is 0.129. The van der Waals surface area contributed by atoms with Crippen LogP contribution >= 0.6 is 7.82 Å². The number of benzene rings is 4. The maximum atomic E-state index is 13.8. The summed E-state index contributed by atoms with van der Waals surface area (Å²) in [5.74, 6) is -0.975. The number of ether oxygens (including phenoxy) is 2. The highest BCUT2D eigenvalue weighted by molar-refractivity contribution is 7.46. The van der Waals surface area contributed by atoms with Crippen LogP contribution in [0.5, 0.6) is 11.5 Å². The van der Waals surface area contributed by atoms with Crippen molar-refractivity contribution >= 4 is 41.6 Å². The van der Waals surface area contributed by atoms with Crippen LogP contribution in [-0.4, -0.2) is 21.7 Å². The maximum absolute atomic E-state index is 13.8. The monoisotopic (exact) mass is 572 g/mol. The van der Waals surface area contributed by atoms with Gasteiger partial charge in [-0.1, -0.05) is 42.5 Å². The van der Waals surface area contributed by atoms with E-state index in [4.69, 9.17) is 14.0 Å². The Bertz CT molecular complexity index is 1840.